The van der Waals surface area contributed by atoms with Gasteiger partial charge in [0.1, 0.15) is 5.52 Å². The average Bonchev–Trinajstić information content (AvgIpc) is 3.66. The number of rotatable bonds is 7. The minimum absolute atomic E-state index is 0.180. The molecule has 0 saturated heterocycles. The van der Waals surface area contributed by atoms with Gasteiger partial charge in [-0.15, -0.1) is 0 Å². The summed E-state index contributed by atoms with van der Waals surface area (Å²) in [4.78, 5) is 14.4. The molecule has 244 valence electrons. The molecule has 1 unspecified atom stereocenters. The summed E-state index contributed by atoms with van der Waals surface area (Å²) in [6, 6.07) is 49.5. The van der Waals surface area contributed by atoms with Crippen LogP contribution in [0, 0.1) is 0 Å². The van der Waals surface area contributed by atoms with Crippen molar-refractivity contribution in [1.82, 2.24) is 4.98 Å². The topological polar surface area (TPSA) is 50.8 Å². The summed E-state index contributed by atoms with van der Waals surface area (Å²) in [5.41, 5.74) is 15.0. The zero-order valence-corrected chi connectivity index (χ0v) is 28.1. The van der Waals surface area contributed by atoms with Gasteiger partial charge in [-0.1, -0.05) is 115 Å². The predicted molar refractivity (Wildman–Crippen MR) is 212 cm³/mol. The summed E-state index contributed by atoms with van der Waals surface area (Å²) in [6.07, 6.45) is 11.3. The molecule has 4 nitrogen and oxygen atoms in total. The van der Waals surface area contributed by atoms with Crippen LogP contribution in [-0.2, 0) is 0 Å². The molecule has 0 spiro atoms. The van der Waals surface area contributed by atoms with E-state index in [9.17, 15) is 0 Å². The molecule has 4 heteroatoms. The molecule has 0 amide bonds. The number of aliphatic imine (C=N–C) groups is 2. The van der Waals surface area contributed by atoms with Crippen molar-refractivity contribution in [3.05, 3.63) is 169 Å². The van der Waals surface area contributed by atoms with Gasteiger partial charge >= 0.3 is 0 Å². The quantitative estimate of drug-likeness (QED) is 0.171. The fourth-order valence-corrected chi connectivity index (χ4v) is 7.10. The highest BCUT2D eigenvalue weighted by Gasteiger charge is 2.20. The van der Waals surface area contributed by atoms with E-state index in [4.69, 9.17) is 9.40 Å². The Morgan fingerprint density at radius 1 is 0.549 bits per heavy atom. The lowest BCUT2D eigenvalue weighted by molar-refractivity contribution is 0.619. The number of nitrogens with zero attached hydrogens (tertiary/aromatic N) is 3. The minimum Gasteiger partial charge on any atom is -0.436 e. The highest BCUT2D eigenvalue weighted by molar-refractivity contribution is 6.10. The summed E-state index contributed by atoms with van der Waals surface area (Å²) in [5.74, 6) is 0.777. The maximum atomic E-state index is 6.78. The van der Waals surface area contributed by atoms with E-state index >= 15 is 0 Å². The molecule has 1 atom stereocenters. The first kappa shape index (κ1) is 30.7. The average molecular weight is 658 g/mol. The van der Waals surface area contributed by atoms with Crippen LogP contribution in [0.5, 0.6) is 0 Å². The zero-order valence-electron chi connectivity index (χ0n) is 28.1. The van der Waals surface area contributed by atoms with E-state index < -0.39 is 0 Å². The molecule has 9 rings (SSSR count). The lowest BCUT2D eigenvalue weighted by Crippen LogP contribution is -2.05. The first-order chi connectivity index (χ1) is 25.2. The van der Waals surface area contributed by atoms with Crippen molar-refractivity contribution in [3.63, 3.8) is 0 Å². The van der Waals surface area contributed by atoms with Crippen LogP contribution in [0.4, 0.5) is 0 Å². The Kier molecular flexibility index (Phi) is 8.11. The molecule has 0 radical (unpaired) electrons. The third-order valence-corrected chi connectivity index (χ3v) is 9.73. The number of allylic oxidation sites excluding steroid dienone is 2. The molecule has 2 aliphatic heterocycles. The van der Waals surface area contributed by atoms with E-state index in [-0.39, 0.29) is 5.92 Å². The maximum Gasteiger partial charge on any atom is 0.227 e. The van der Waals surface area contributed by atoms with Crippen molar-refractivity contribution in [2.24, 2.45) is 9.98 Å². The van der Waals surface area contributed by atoms with Crippen molar-refractivity contribution >= 4 is 29.1 Å². The number of hydrogen-bond donors (Lipinski definition) is 0. The molecular weight excluding hydrogens is 623 g/mol. The minimum atomic E-state index is 0.180. The molecule has 0 aliphatic carbocycles. The summed E-state index contributed by atoms with van der Waals surface area (Å²) >= 11 is 0. The van der Waals surface area contributed by atoms with Gasteiger partial charge < -0.3 is 4.42 Å². The summed E-state index contributed by atoms with van der Waals surface area (Å²) in [7, 11) is 0. The van der Waals surface area contributed by atoms with Crippen LogP contribution < -0.4 is 0 Å². The van der Waals surface area contributed by atoms with E-state index in [1.807, 2.05) is 18.5 Å². The number of hydrogen-bond acceptors (Lipinski definition) is 4. The molecule has 1 aromatic heterocycles. The van der Waals surface area contributed by atoms with Crippen molar-refractivity contribution in [2.75, 3.05) is 13.1 Å². The van der Waals surface area contributed by atoms with E-state index in [1.54, 1.807) is 0 Å². The van der Waals surface area contributed by atoms with Gasteiger partial charge in [-0.25, -0.2) is 4.98 Å². The van der Waals surface area contributed by atoms with Gasteiger partial charge in [0, 0.05) is 42.6 Å². The second kappa shape index (κ2) is 13.5. The summed E-state index contributed by atoms with van der Waals surface area (Å²) in [6.45, 7) is 1.54. The Bertz CT molecular complexity index is 2500. The smallest absolute Gasteiger partial charge is 0.227 e. The lowest BCUT2D eigenvalue weighted by Gasteiger charge is -2.16. The van der Waals surface area contributed by atoms with Gasteiger partial charge in [0.25, 0.3) is 0 Å². The Morgan fingerprint density at radius 2 is 1.20 bits per heavy atom. The molecular formula is C47H35N3O. The first-order valence-electron chi connectivity index (χ1n) is 17.5. The summed E-state index contributed by atoms with van der Waals surface area (Å²) in [5, 5.41) is 0. The number of oxazole rings is 1. The van der Waals surface area contributed by atoms with Crippen LogP contribution in [0.25, 0.3) is 72.6 Å². The second-order valence-corrected chi connectivity index (χ2v) is 13.1. The largest absolute Gasteiger partial charge is 0.436 e. The highest BCUT2D eigenvalue weighted by atomic mass is 16.3. The van der Waals surface area contributed by atoms with Gasteiger partial charge in [-0.3, -0.25) is 9.98 Å². The SMILES string of the molecule is C1=CC(c2cc(C3=CCCN=C3)cc(-c3nc4c(-c5cccc(-c6ccccc6)c5)cc(-c5cccc(-c6ccccc6)c5)cc4o3)c2)CN=C1. The molecule has 0 N–H and O–H groups in total. The Hall–Kier alpha value is -6.39. The lowest BCUT2D eigenvalue weighted by atomic mass is 9.91. The molecule has 0 bridgehead atoms. The molecule has 7 aromatic rings. The molecule has 3 heterocycles. The van der Waals surface area contributed by atoms with Crippen molar-refractivity contribution in [3.8, 4) is 56.0 Å². The van der Waals surface area contributed by atoms with Crippen molar-refractivity contribution < 1.29 is 4.42 Å². The molecule has 51 heavy (non-hydrogen) atoms. The van der Waals surface area contributed by atoms with Crippen molar-refractivity contribution in [2.45, 2.75) is 12.3 Å². The van der Waals surface area contributed by atoms with Gasteiger partial charge in [-0.2, -0.15) is 0 Å². The van der Waals surface area contributed by atoms with Gasteiger partial charge in [0.2, 0.25) is 5.89 Å². The van der Waals surface area contributed by atoms with E-state index in [1.165, 1.54) is 22.3 Å². The highest BCUT2D eigenvalue weighted by Crippen LogP contribution is 2.39. The Balaban J connectivity index is 1.22. The maximum absolute atomic E-state index is 6.78. The predicted octanol–water partition coefficient (Wildman–Crippen LogP) is 11.7. The van der Waals surface area contributed by atoms with E-state index in [0.717, 1.165) is 68.6 Å². The van der Waals surface area contributed by atoms with E-state index in [0.29, 0.717) is 12.4 Å². The van der Waals surface area contributed by atoms with Gasteiger partial charge in [0.15, 0.2) is 5.58 Å². The molecule has 0 fully saturated rings. The third-order valence-electron chi connectivity index (χ3n) is 9.73. The molecule has 0 saturated carbocycles. The number of aromatic nitrogens is 1. The normalized spacial score (nSPS) is 15.3. The first-order valence-corrected chi connectivity index (χ1v) is 17.5. The van der Waals surface area contributed by atoms with Gasteiger partial charge in [-0.05, 0) is 105 Å². The molecule has 2 aliphatic rings. The van der Waals surface area contributed by atoms with Crippen LogP contribution in [0.1, 0.15) is 23.5 Å². The van der Waals surface area contributed by atoms with Crippen LogP contribution in [0.2, 0.25) is 0 Å². The second-order valence-electron chi connectivity index (χ2n) is 13.1. The van der Waals surface area contributed by atoms with Crippen LogP contribution >= 0.6 is 0 Å². The summed E-state index contributed by atoms with van der Waals surface area (Å²) < 4.78 is 6.78. The van der Waals surface area contributed by atoms with Crippen LogP contribution in [-0.4, -0.2) is 30.5 Å². The number of benzene rings is 6. The fourth-order valence-electron chi connectivity index (χ4n) is 7.10. The standard InChI is InChI=1S/C47H35N3O/c1-3-11-32(12-4-1)34-15-7-17-36(23-34)42-28-44(37-18-8-16-35(24-37)33-13-5-2-6-14-33)46-45(29-42)51-47(50-46)43-26-40(38-19-9-21-48-30-38)25-41(27-43)39-20-10-22-49-31-39/h1-9,11-21,23-29,31,38H,10,22,30H2. The Morgan fingerprint density at radius 3 is 1.88 bits per heavy atom. The zero-order chi connectivity index (χ0) is 34.0. The van der Waals surface area contributed by atoms with Crippen LogP contribution in [0.3, 0.4) is 0 Å². The van der Waals surface area contributed by atoms with E-state index in [2.05, 4.69) is 162 Å². The molecule has 6 aromatic carbocycles. The number of dihydropyridines is 2. The van der Waals surface area contributed by atoms with Gasteiger partial charge in [0.05, 0.1) is 0 Å². The number of fused-ring (bicyclic) bond motifs is 1. The third kappa shape index (κ3) is 6.28. The Labute approximate surface area is 297 Å². The fraction of sp³-hybridized carbons (Fsp3) is 0.0851. The van der Waals surface area contributed by atoms with Crippen LogP contribution in [0.15, 0.2) is 172 Å². The monoisotopic (exact) mass is 657 g/mol. The van der Waals surface area contributed by atoms with Crippen molar-refractivity contribution in [1.29, 1.82) is 0 Å².